The molecule has 200 valence electrons. The first kappa shape index (κ1) is 26.2. The van der Waals surface area contributed by atoms with Crippen LogP contribution in [-0.2, 0) is 21.2 Å². The number of carbonyl (C=O) groups excluding carboxylic acids is 2. The van der Waals surface area contributed by atoms with Crippen LogP contribution in [0.4, 0.5) is 11.4 Å². The molecular weight excluding hydrogens is 500 g/mol. The van der Waals surface area contributed by atoms with Gasteiger partial charge in [0.1, 0.15) is 0 Å². The maximum atomic E-state index is 12.9. The van der Waals surface area contributed by atoms with Crippen LogP contribution in [0.5, 0.6) is 0 Å². The lowest BCUT2D eigenvalue weighted by atomic mass is 9.90. The summed E-state index contributed by atoms with van der Waals surface area (Å²) in [5.41, 5.74) is 13.6. The molecule has 0 radical (unpaired) electrons. The number of allylic oxidation sites excluding steroid dienone is 1. The largest absolute Gasteiger partial charge is 0.377 e. The smallest absolute Gasteiger partial charge is 0.251 e. The van der Waals surface area contributed by atoms with Gasteiger partial charge < -0.3 is 16.4 Å². The van der Waals surface area contributed by atoms with Gasteiger partial charge in [-0.3, -0.25) is 9.59 Å². The van der Waals surface area contributed by atoms with Gasteiger partial charge in [0.2, 0.25) is 10.0 Å². The number of hydrogen-bond donors (Lipinski definition) is 3. The van der Waals surface area contributed by atoms with Gasteiger partial charge >= 0.3 is 0 Å². The van der Waals surface area contributed by atoms with Gasteiger partial charge in [-0.25, -0.2) is 8.42 Å². The number of sulfonamides is 1. The molecule has 38 heavy (non-hydrogen) atoms. The highest BCUT2D eigenvalue weighted by atomic mass is 32.2. The van der Waals surface area contributed by atoms with Gasteiger partial charge in [0.25, 0.3) is 11.8 Å². The number of nitrogens with zero attached hydrogens (tertiary/aromatic N) is 1. The topological polar surface area (TPSA) is 122 Å². The van der Waals surface area contributed by atoms with Crippen molar-refractivity contribution in [1.82, 2.24) is 4.31 Å². The van der Waals surface area contributed by atoms with E-state index in [1.165, 1.54) is 10.6 Å². The molecular formula is C29H34N4O4S. The van der Waals surface area contributed by atoms with Crippen molar-refractivity contribution in [2.45, 2.75) is 51.5 Å². The van der Waals surface area contributed by atoms with Gasteiger partial charge in [0.15, 0.2) is 0 Å². The third kappa shape index (κ3) is 5.13. The summed E-state index contributed by atoms with van der Waals surface area (Å²) in [6, 6.07) is 9.52. The molecule has 1 atom stereocenters. The number of rotatable bonds is 6. The molecule has 2 aromatic carbocycles. The molecule has 0 bridgehead atoms. The second kappa shape index (κ2) is 10.4. The molecule has 0 saturated heterocycles. The fourth-order valence-electron chi connectivity index (χ4n) is 5.73. The van der Waals surface area contributed by atoms with Crippen LogP contribution in [0, 0.1) is 6.92 Å². The predicted molar refractivity (Wildman–Crippen MR) is 151 cm³/mol. The number of primary amides is 1. The molecule has 2 heterocycles. The predicted octanol–water partition coefficient (Wildman–Crippen LogP) is 4.13. The fraction of sp³-hybridized carbons (Fsp3) is 0.379. The molecule has 0 aromatic heterocycles. The third-order valence-corrected chi connectivity index (χ3v) is 9.15. The van der Waals surface area contributed by atoms with Crippen LogP contribution in [0.25, 0.3) is 11.1 Å². The summed E-state index contributed by atoms with van der Waals surface area (Å²) in [5.74, 6) is -0.548. The number of nitrogens with two attached hydrogens (primary N) is 1. The van der Waals surface area contributed by atoms with Gasteiger partial charge in [-0.2, -0.15) is 4.31 Å². The lowest BCUT2D eigenvalue weighted by Crippen LogP contribution is -2.36. The van der Waals surface area contributed by atoms with Crippen molar-refractivity contribution in [3.63, 3.8) is 0 Å². The standard InChI is InChI=1S/C29H34N4O4S/c1-18-21(9-6-10-25(18)32-29(35)20-7-4-3-5-8-20)22-11-12-23(28(30)34)27-24(22)17-26(31-27)19-13-15-33(16-14-19)38(2,36)37/h6-7,9-13,26,31H,3-5,8,14-17H2,1-2H3,(H2,30,34)(H,32,35). The lowest BCUT2D eigenvalue weighted by molar-refractivity contribution is -0.113. The molecule has 2 aromatic rings. The Hall–Kier alpha value is -3.43. The number of nitrogens with one attached hydrogen (secondary N) is 2. The Bertz CT molecular complexity index is 1480. The summed E-state index contributed by atoms with van der Waals surface area (Å²) in [6.07, 6.45) is 10.4. The molecule has 9 heteroatoms. The van der Waals surface area contributed by atoms with E-state index in [1.54, 1.807) is 6.07 Å². The Morgan fingerprint density at radius 2 is 1.89 bits per heavy atom. The molecule has 5 rings (SSSR count). The summed E-state index contributed by atoms with van der Waals surface area (Å²) < 4.78 is 25.3. The first-order valence-corrected chi connectivity index (χ1v) is 14.9. The normalized spacial score (nSPS) is 19.7. The molecule has 2 aliphatic heterocycles. The second-order valence-corrected chi connectivity index (χ2v) is 12.3. The molecule has 8 nitrogen and oxygen atoms in total. The highest BCUT2D eigenvalue weighted by Gasteiger charge is 2.32. The van der Waals surface area contributed by atoms with E-state index in [4.69, 9.17) is 5.73 Å². The zero-order valence-electron chi connectivity index (χ0n) is 21.8. The average molecular weight is 535 g/mol. The van der Waals surface area contributed by atoms with Crippen LogP contribution in [0.3, 0.4) is 0 Å². The van der Waals surface area contributed by atoms with E-state index in [0.717, 1.165) is 70.5 Å². The minimum Gasteiger partial charge on any atom is -0.377 e. The number of benzene rings is 2. The van der Waals surface area contributed by atoms with Crippen LogP contribution >= 0.6 is 0 Å². The van der Waals surface area contributed by atoms with Crippen LogP contribution in [0.2, 0.25) is 0 Å². The highest BCUT2D eigenvalue weighted by Crippen LogP contribution is 2.42. The van der Waals surface area contributed by atoms with Gasteiger partial charge in [-0.15, -0.1) is 0 Å². The van der Waals surface area contributed by atoms with Crippen molar-refractivity contribution in [2.24, 2.45) is 5.73 Å². The summed E-state index contributed by atoms with van der Waals surface area (Å²) in [5, 5.41) is 6.62. The minimum absolute atomic E-state index is 0.0478. The Morgan fingerprint density at radius 1 is 1.08 bits per heavy atom. The van der Waals surface area contributed by atoms with Crippen molar-refractivity contribution in [2.75, 3.05) is 30.0 Å². The van der Waals surface area contributed by atoms with Crippen LogP contribution in [0.15, 0.2) is 53.6 Å². The number of anilines is 2. The number of amides is 2. The molecule has 4 N–H and O–H groups in total. The molecule has 1 aliphatic carbocycles. The molecule has 2 amide bonds. The summed E-state index contributed by atoms with van der Waals surface area (Å²) >= 11 is 0. The van der Waals surface area contributed by atoms with Gasteiger partial charge in [-0.1, -0.05) is 30.4 Å². The van der Waals surface area contributed by atoms with Gasteiger partial charge in [0.05, 0.1) is 23.5 Å². The Morgan fingerprint density at radius 3 is 2.55 bits per heavy atom. The van der Waals surface area contributed by atoms with E-state index >= 15 is 0 Å². The Labute approximate surface area is 224 Å². The van der Waals surface area contributed by atoms with E-state index in [1.807, 2.05) is 43.3 Å². The fourth-order valence-corrected chi connectivity index (χ4v) is 6.50. The molecule has 1 unspecified atom stereocenters. The van der Waals surface area contributed by atoms with Crippen molar-refractivity contribution in [1.29, 1.82) is 0 Å². The maximum Gasteiger partial charge on any atom is 0.251 e. The van der Waals surface area contributed by atoms with Crippen molar-refractivity contribution < 1.29 is 18.0 Å². The van der Waals surface area contributed by atoms with Crippen molar-refractivity contribution >= 4 is 33.2 Å². The number of fused-ring (bicyclic) bond motifs is 1. The molecule has 0 fully saturated rings. The summed E-state index contributed by atoms with van der Waals surface area (Å²) in [6.45, 7) is 2.78. The lowest BCUT2D eigenvalue weighted by Gasteiger charge is -2.27. The van der Waals surface area contributed by atoms with Gasteiger partial charge in [0, 0.05) is 24.4 Å². The minimum atomic E-state index is -3.24. The van der Waals surface area contributed by atoms with Crippen LogP contribution < -0.4 is 16.4 Å². The van der Waals surface area contributed by atoms with Crippen molar-refractivity contribution in [3.05, 3.63) is 70.3 Å². The Kier molecular flexibility index (Phi) is 7.15. The van der Waals surface area contributed by atoms with E-state index in [2.05, 4.69) is 10.6 Å². The third-order valence-electron chi connectivity index (χ3n) is 7.88. The first-order valence-electron chi connectivity index (χ1n) is 13.1. The monoisotopic (exact) mass is 534 g/mol. The number of hydrogen-bond acceptors (Lipinski definition) is 5. The van der Waals surface area contributed by atoms with Crippen LogP contribution in [-0.4, -0.2) is 49.9 Å². The SMILES string of the molecule is Cc1c(NC(=O)C2=CCCCC2)cccc1-c1ccc(C(N)=O)c2c1CC(C1=CCN(S(C)(=O)=O)CC1)N2. The average Bonchev–Trinajstić information content (AvgIpc) is 3.35. The molecule has 3 aliphatic rings. The first-order chi connectivity index (χ1) is 18.1. The second-order valence-electron chi connectivity index (χ2n) is 10.3. The molecule has 0 saturated carbocycles. The van der Waals surface area contributed by atoms with Crippen LogP contribution in [0.1, 0.15) is 53.6 Å². The Balaban J connectivity index is 1.46. The highest BCUT2D eigenvalue weighted by molar-refractivity contribution is 7.88. The summed E-state index contributed by atoms with van der Waals surface area (Å²) in [7, 11) is -3.24. The van der Waals surface area contributed by atoms with E-state index < -0.39 is 15.9 Å². The van der Waals surface area contributed by atoms with E-state index in [-0.39, 0.29) is 11.9 Å². The zero-order valence-corrected chi connectivity index (χ0v) is 22.7. The zero-order chi connectivity index (χ0) is 27.0. The quantitative estimate of drug-likeness (QED) is 0.481. The molecule has 0 spiro atoms. The maximum absolute atomic E-state index is 12.9. The summed E-state index contributed by atoms with van der Waals surface area (Å²) in [4.78, 5) is 25.2. The van der Waals surface area contributed by atoms with Crippen molar-refractivity contribution in [3.8, 4) is 11.1 Å². The van der Waals surface area contributed by atoms with E-state index in [9.17, 15) is 18.0 Å². The number of carbonyl (C=O) groups is 2. The van der Waals surface area contributed by atoms with Gasteiger partial charge in [-0.05, 0) is 85.4 Å². The van der Waals surface area contributed by atoms with E-state index in [0.29, 0.717) is 31.5 Å².